The van der Waals surface area contributed by atoms with Crippen molar-refractivity contribution in [3.05, 3.63) is 24.3 Å². The van der Waals surface area contributed by atoms with Crippen molar-refractivity contribution in [3.63, 3.8) is 0 Å². The van der Waals surface area contributed by atoms with E-state index in [1.54, 1.807) is 0 Å². The van der Waals surface area contributed by atoms with Gasteiger partial charge in [-0.1, -0.05) is 51.6 Å². The quantitative estimate of drug-likeness (QED) is 0.744. The van der Waals surface area contributed by atoms with Gasteiger partial charge in [-0.05, 0) is 30.4 Å². The van der Waals surface area contributed by atoms with Crippen LogP contribution in [0.25, 0.3) is 11.0 Å². The number of nitrogens with zero attached hydrogens (tertiary/aromatic N) is 2. The number of nitrogens with one attached hydrogen (secondary N) is 1. The molecular weight excluding hydrogens is 306 g/mol. The smallest absolute Gasteiger partial charge is 0.230 e. The number of aryl methyl sites for hydroxylation is 1. The molecule has 1 amide bonds. The van der Waals surface area contributed by atoms with Crippen LogP contribution in [0.1, 0.15) is 34.1 Å². The minimum atomic E-state index is 0.0752. The standard InChI is InChI=1S/C18H27N3OS/c1-13(2)9-10-21-16-8-6-5-7-15(16)20-18(21)23-12-17(22)19-11-14(3)4/h5-8,13-14H,9-12H2,1-4H3,(H,19,22). The number of benzene rings is 1. The molecule has 1 aromatic heterocycles. The van der Waals surface area contributed by atoms with Crippen LogP contribution in [-0.2, 0) is 11.3 Å². The summed E-state index contributed by atoms with van der Waals surface area (Å²) in [5.41, 5.74) is 2.15. The van der Waals surface area contributed by atoms with E-state index >= 15 is 0 Å². The van der Waals surface area contributed by atoms with Crippen molar-refractivity contribution in [2.24, 2.45) is 11.8 Å². The van der Waals surface area contributed by atoms with Gasteiger partial charge in [0.1, 0.15) is 0 Å². The highest BCUT2D eigenvalue weighted by Crippen LogP contribution is 2.25. The zero-order valence-electron chi connectivity index (χ0n) is 14.5. The molecule has 2 rings (SSSR count). The van der Waals surface area contributed by atoms with E-state index in [9.17, 15) is 4.79 Å². The Kier molecular flexibility index (Phi) is 6.51. The number of amides is 1. The topological polar surface area (TPSA) is 46.9 Å². The van der Waals surface area contributed by atoms with Gasteiger partial charge in [0, 0.05) is 13.1 Å². The minimum absolute atomic E-state index is 0.0752. The maximum Gasteiger partial charge on any atom is 0.230 e. The van der Waals surface area contributed by atoms with Crippen LogP contribution in [0.4, 0.5) is 0 Å². The third-order valence-corrected chi connectivity index (χ3v) is 4.57. The van der Waals surface area contributed by atoms with Gasteiger partial charge in [-0.15, -0.1) is 0 Å². The third kappa shape index (κ3) is 5.27. The average Bonchev–Trinajstić information content (AvgIpc) is 2.86. The Morgan fingerprint density at radius 1 is 1.22 bits per heavy atom. The maximum absolute atomic E-state index is 11.9. The van der Waals surface area contributed by atoms with E-state index in [4.69, 9.17) is 4.98 Å². The van der Waals surface area contributed by atoms with Gasteiger partial charge in [0.15, 0.2) is 5.16 Å². The van der Waals surface area contributed by atoms with Gasteiger partial charge in [0.2, 0.25) is 5.91 Å². The Morgan fingerprint density at radius 3 is 2.65 bits per heavy atom. The summed E-state index contributed by atoms with van der Waals surface area (Å²) in [4.78, 5) is 16.6. The number of hydrogen-bond acceptors (Lipinski definition) is 3. The van der Waals surface area contributed by atoms with Crippen molar-refractivity contribution < 1.29 is 4.79 Å². The molecule has 0 saturated carbocycles. The zero-order valence-corrected chi connectivity index (χ0v) is 15.3. The summed E-state index contributed by atoms with van der Waals surface area (Å²) in [5, 5.41) is 3.90. The molecular formula is C18H27N3OS. The van der Waals surface area contributed by atoms with Gasteiger partial charge >= 0.3 is 0 Å². The van der Waals surface area contributed by atoms with Crippen molar-refractivity contribution in [1.29, 1.82) is 0 Å². The SMILES string of the molecule is CC(C)CCn1c(SCC(=O)NCC(C)C)nc2ccccc21. The predicted octanol–water partition coefficient (Wildman–Crippen LogP) is 3.95. The molecule has 0 radical (unpaired) electrons. The Morgan fingerprint density at radius 2 is 1.96 bits per heavy atom. The molecule has 0 bridgehead atoms. The molecule has 23 heavy (non-hydrogen) atoms. The lowest BCUT2D eigenvalue weighted by Crippen LogP contribution is -2.28. The number of para-hydroxylation sites is 2. The molecule has 126 valence electrons. The monoisotopic (exact) mass is 333 g/mol. The highest BCUT2D eigenvalue weighted by atomic mass is 32.2. The summed E-state index contributed by atoms with van der Waals surface area (Å²) >= 11 is 1.52. The molecule has 0 aliphatic heterocycles. The molecule has 0 fully saturated rings. The highest BCUT2D eigenvalue weighted by molar-refractivity contribution is 7.99. The van der Waals surface area contributed by atoms with Crippen molar-refractivity contribution >= 4 is 28.7 Å². The summed E-state index contributed by atoms with van der Waals surface area (Å²) in [6.07, 6.45) is 1.10. The normalized spacial score (nSPS) is 11.6. The second-order valence-corrected chi connectivity index (χ2v) is 7.65. The molecule has 1 N–H and O–H groups in total. The third-order valence-electron chi connectivity index (χ3n) is 3.59. The summed E-state index contributed by atoms with van der Waals surface area (Å²) in [6.45, 7) is 10.3. The molecule has 2 aromatic rings. The number of aromatic nitrogens is 2. The lowest BCUT2D eigenvalue weighted by atomic mass is 10.1. The fourth-order valence-electron chi connectivity index (χ4n) is 2.27. The fraction of sp³-hybridized carbons (Fsp3) is 0.556. The van der Waals surface area contributed by atoms with E-state index in [0.29, 0.717) is 17.6 Å². The van der Waals surface area contributed by atoms with E-state index in [-0.39, 0.29) is 5.91 Å². The van der Waals surface area contributed by atoms with Crippen LogP contribution >= 0.6 is 11.8 Å². The van der Waals surface area contributed by atoms with Crippen LogP contribution in [0.15, 0.2) is 29.4 Å². The van der Waals surface area contributed by atoms with Gasteiger partial charge in [0.05, 0.1) is 16.8 Å². The lowest BCUT2D eigenvalue weighted by Gasteiger charge is -2.11. The number of imidazole rings is 1. The first-order valence-electron chi connectivity index (χ1n) is 8.32. The Hall–Kier alpha value is -1.49. The summed E-state index contributed by atoms with van der Waals surface area (Å²) in [5.74, 6) is 1.60. The van der Waals surface area contributed by atoms with Crippen LogP contribution in [0.2, 0.25) is 0 Å². The van der Waals surface area contributed by atoms with E-state index in [1.165, 1.54) is 11.8 Å². The second kappa shape index (κ2) is 8.39. The molecule has 5 heteroatoms. The number of carbonyl (C=O) groups excluding carboxylic acids is 1. The van der Waals surface area contributed by atoms with Crippen LogP contribution in [0.3, 0.4) is 0 Å². The number of rotatable bonds is 8. The first-order chi connectivity index (χ1) is 11.0. The van der Waals surface area contributed by atoms with Gasteiger partial charge in [-0.3, -0.25) is 4.79 Å². The van der Waals surface area contributed by atoms with Crippen LogP contribution in [-0.4, -0.2) is 27.8 Å². The molecule has 1 aromatic carbocycles. The largest absolute Gasteiger partial charge is 0.355 e. The van der Waals surface area contributed by atoms with Crippen LogP contribution < -0.4 is 5.32 Å². The van der Waals surface area contributed by atoms with Crippen molar-refractivity contribution in [3.8, 4) is 0 Å². The predicted molar refractivity (Wildman–Crippen MR) is 97.8 cm³/mol. The van der Waals surface area contributed by atoms with Crippen molar-refractivity contribution in [2.75, 3.05) is 12.3 Å². The maximum atomic E-state index is 11.9. The Labute approximate surface area is 143 Å². The Balaban J connectivity index is 2.09. The van der Waals surface area contributed by atoms with Crippen LogP contribution in [0, 0.1) is 11.8 Å². The molecule has 0 aliphatic carbocycles. The summed E-state index contributed by atoms with van der Waals surface area (Å²) in [6, 6.07) is 8.18. The average molecular weight is 334 g/mol. The molecule has 0 saturated heterocycles. The molecule has 0 unspecified atom stereocenters. The highest BCUT2D eigenvalue weighted by Gasteiger charge is 2.13. The van der Waals surface area contributed by atoms with E-state index < -0.39 is 0 Å². The first kappa shape index (κ1) is 17.9. The molecule has 1 heterocycles. The fourth-order valence-corrected chi connectivity index (χ4v) is 3.14. The van der Waals surface area contributed by atoms with E-state index in [1.807, 2.05) is 18.2 Å². The summed E-state index contributed by atoms with van der Waals surface area (Å²) < 4.78 is 2.25. The van der Waals surface area contributed by atoms with Gasteiger partial charge < -0.3 is 9.88 Å². The molecule has 0 aliphatic rings. The van der Waals surface area contributed by atoms with Crippen LogP contribution in [0.5, 0.6) is 0 Å². The first-order valence-corrected chi connectivity index (χ1v) is 9.30. The number of thioether (sulfide) groups is 1. The Bertz CT molecular complexity index is 649. The lowest BCUT2D eigenvalue weighted by molar-refractivity contribution is -0.118. The van der Waals surface area contributed by atoms with Gasteiger partial charge in [-0.2, -0.15) is 0 Å². The summed E-state index contributed by atoms with van der Waals surface area (Å²) in [7, 11) is 0. The zero-order chi connectivity index (χ0) is 16.8. The van der Waals surface area contributed by atoms with Gasteiger partial charge in [0.25, 0.3) is 0 Å². The molecule has 0 spiro atoms. The number of hydrogen-bond donors (Lipinski definition) is 1. The van der Waals surface area contributed by atoms with E-state index in [2.05, 4.69) is 43.6 Å². The van der Waals surface area contributed by atoms with Crippen molar-refractivity contribution in [2.45, 2.75) is 45.8 Å². The minimum Gasteiger partial charge on any atom is -0.355 e. The number of carbonyl (C=O) groups is 1. The van der Waals surface area contributed by atoms with E-state index in [0.717, 1.165) is 35.7 Å². The van der Waals surface area contributed by atoms with Crippen molar-refractivity contribution in [1.82, 2.24) is 14.9 Å². The second-order valence-electron chi connectivity index (χ2n) is 6.70. The van der Waals surface area contributed by atoms with Gasteiger partial charge in [-0.25, -0.2) is 4.98 Å². The molecule has 0 atom stereocenters. The number of fused-ring (bicyclic) bond motifs is 1. The molecule has 4 nitrogen and oxygen atoms in total.